The van der Waals surface area contributed by atoms with Crippen molar-refractivity contribution in [3.63, 3.8) is 0 Å². The molecule has 3 amide bonds. The lowest BCUT2D eigenvalue weighted by molar-refractivity contribution is -0.147. The van der Waals surface area contributed by atoms with Crippen LogP contribution in [0.2, 0.25) is 0 Å². The van der Waals surface area contributed by atoms with Gasteiger partial charge in [-0.1, -0.05) is 37.1 Å². The molecule has 1 aromatic rings. The normalized spacial score (nSPS) is 29.4. The summed E-state index contributed by atoms with van der Waals surface area (Å²) in [6, 6.07) is 2.61. The first-order valence-corrected chi connectivity index (χ1v) is 15.7. The molecule has 0 unspecified atom stereocenters. The fraction of sp³-hybridized carbons (Fsp3) is 0.606. The third-order valence-corrected chi connectivity index (χ3v) is 9.14. The number of nitrogens with one attached hydrogen (secondary N) is 1. The summed E-state index contributed by atoms with van der Waals surface area (Å²) < 4.78 is 25.5. The molecule has 5 atom stereocenters. The molecule has 0 spiro atoms. The van der Waals surface area contributed by atoms with Crippen LogP contribution in [0.1, 0.15) is 83.3 Å². The van der Waals surface area contributed by atoms with Gasteiger partial charge in [0, 0.05) is 24.9 Å². The molecule has 1 aliphatic carbocycles. The molecule has 1 aromatic carbocycles. The molecule has 244 valence electrons. The van der Waals surface area contributed by atoms with Crippen LogP contribution in [-0.2, 0) is 36.9 Å². The number of aliphatic carboxylic acids is 1. The Labute approximate surface area is 262 Å². The number of benzene rings is 1. The molecule has 11 nitrogen and oxygen atoms in total. The monoisotopic (exact) mass is 627 g/mol. The van der Waals surface area contributed by atoms with E-state index in [4.69, 9.17) is 9.47 Å². The van der Waals surface area contributed by atoms with Gasteiger partial charge in [-0.2, -0.15) is 0 Å². The molecular weight excluding hydrogens is 585 g/mol. The summed E-state index contributed by atoms with van der Waals surface area (Å²) in [7, 11) is 0. The van der Waals surface area contributed by atoms with E-state index < -0.39 is 64.9 Å². The van der Waals surface area contributed by atoms with Crippen molar-refractivity contribution in [1.82, 2.24) is 15.1 Å². The van der Waals surface area contributed by atoms with Crippen LogP contribution in [0.4, 0.5) is 14.0 Å². The van der Waals surface area contributed by atoms with E-state index in [9.17, 15) is 33.5 Å². The van der Waals surface area contributed by atoms with Crippen LogP contribution in [0, 0.1) is 17.2 Å². The number of amides is 3. The van der Waals surface area contributed by atoms with Gasteiger partial charge in [0.1, 0.15) is 23.6 Å². The highest BCUT2D eigenvalue weighted by Gasteiger charge is 2.61. The number of fused-ring (bicyclic) bond motifs is 3. The van der Waals surface area contributed by atoms with E-state index in [-0.39, 0.29) is 38.4 Å². The van der Waals surface area contributed by atoms with E-state index >= 15 is 0 Å². The summed E-state index contributed by atoms with van der Waals surface area (Å²) in [6.45, 7) is 5.24. The number of carboxylic acids is 1. The molecular formula is C33H42FN3O8. The lowest BCUT2D eigenvalue weighted by atomic mass is 9.92. The number of ether oxygens (including phenoxy) is 2. The van der Waals surface area contributed by atoms with Crippen LogP contribution in [-0.4, -0.2) is 75.1 Å². The summed E-state index contributed by atoms with van der Waals surface area (Å²) >= 11 is 0. The molecule has 45 heavy (non-hydrogen) atoms. The minimum absolute atomic E-state index is 0.0131. The smallest absolute Gasteiger partial charge is 0.410 e. The third kappa shape index (κ3) is 7.31. The number of rotatable bonds is 3. The molecule has 0 aromatic heterocycles. The second-order valence-electron chi connectivity index (χ2n) is 13.7. The quantitative estimate of drug-likeness (QED) is 0.459. The van der Waals surface area contributed by atoms with Crippen molar-refractivity contribution in [3.8, 4) is 0 Å². The molecule has 2 N–H and O–H groups in total. The maximum Gasteiger partial charge on any atom is 0.410 e. The number of carbonyl (C=O) groups excluding carboxylic acids is 4. The van der Waals surface area contributed by atoms with Crippen LogP contribution in [0.25, 0.3) is 0 Å². The third-order valence-electron chi connectivity index (χ3n) is 9.14. The number of ketones is 1. The molecule has 3 aliphatic heterocycles. The number of Topliss-reactive ketones (excluding diaryl/α,β-unsaturated/α-hetero) is 1. The number of nitrogens with zero attached hydrogens (tertiary/aromatic N) is 2. The first kappa shape index (κ1) is 32.4. The van der Waals surface area contributed by atoms with Gasteiger partial charge >= 0.3 is 18.2 Å². The van der Waals surface area contributed by atoms with Gasteiger partial charge < -0.3 is 24.8 Å². The number of hydrogen-bond acceptors (Lipinski definition) is 7. The Hall–Kier alpha value is -3.96. The van der Waals surface area contributed by atoms with Gasteiger partial charge in [0.15, 0.2) is 5.78 Å². The van der Waals surface area contributed by atoms with E-state index in [0.717, 1.165) is 19.3 Å². The molecule has 0 bridgehead atoms. The van der Waals surface area contributed by atoms with Gasteiger partial charge in [0.25, 0.3) is 0 Å². The highest BCUT2D eigenvalue weighted by molar-refractivity contribution is 5.96. The summed E-state index contributed by atoms with van der Waals surface area (Å²) in [4.78, 5) is 68.8. The molecule has 1 saturated heterocycles. The minimum Gasteiger partial charge on any atom is -0.481 e. The van der Waals surface area contributed by atoms with Gasteiger partial charge in [-0.15, -0.1) is 0 Å². The Morgan fingerprint density at radius 3 is 2.60 bits per heavy atom. The second kappa shape index (κ2) is 12.8. The van der Waals surface area contributed by atoms with Crippen LogP contribution < -0.4 is 5.32 Å². The highest BCUT2D eigenvalue weighted by atomic mass is 19.1. The maximum absolute atomic E-state index is 14.3. The first-order chi connectivity index (χ1) is 21.3. The van der Waals surface area contributed by atoms with Crippen molar-refractivity contribution in [2.24, 2.45) is 11.3 Å². The molecule has 5 rings (SSSR count). The Morgan fingerprint density at radius 2 is 1.89 bits per heavy atom. The van der Waals surface area contributed by atoms with Crippen molar-refractivity contribution in [2.75, 3.05) is 6.54 Å². The lowest BCUT2D eigenvalue weighted by Gasteiger charge is -2.30. The summed E-state index contributed by atoms with van der Waals surface area (Å²) in [5.41, 5.74) is -0.938. The Morgan fingerprint density at radius 1 is 1.11 bits per heavy atom. The maximum atomic E-state index is 14.3. The summed E-state index contributed by atoms with van der Waals surface area (Å²) in [5, 5.41) is 12.8. The number of carboxylic acid groups (broad SMARTS) is 1. The van der Waals surface area contributed by atoms with Gasteiger partial charge in [-0.05, 0) is 64.0 Å². The van der Waals surface area contributed by atoms with E-state index in [1.165, 1.54) is 15.9 Å². The van der Waals surface area contributed by atoms with E-state index in [1.54, 1.807) is 32.9 Å². The molecule has 2 fully saturated rings. The highest BCUT2D eigenvalue weighted by Crippen LogP contribution is 2.57. The van der Waals surface area contributed by atoms with Gasteiger partial charge in [0.2, 0.25) is 5.91 Å². The zero-order valence-corrected chi connectivity index (χ0v) is 26.1. The largest absolute Gasteiger partial charge is 0.481 e. The van der Waals surface area contributed by atoms with Crippen LogP contribution >= 0.6 is 0 Å². The van der Waals surface area contributed by atoms with E-state index in [0.29, 0.717) is 30.4 Å². The fourth-order valence-corrected chi connectivity index (χ4v) is 6.65. The lowest BCUT2D eigenvalue weighted by Crippen LogP contribution is -2.52. The van der Waals surface area contributed by atoms with Crippen LogP contribution in [0.3, 0.4) is 0 Å². The zero-order chi connectivity index (χ0) is 32.5. The van der Waals surface area contributed by atoms with Crippen molar-refractivity contribution in [2.45, 2.75) is 109 Å². The predicted octanol–water partition coefficient (Wildman–Crippen LogP) is 4.71. The van der Waals surface area contributed by atoms with Crippen molar-refractivity contribution < 1.29 is 42.9 Å². The van der Waals surface area contributed by atoms with E-state index in [2.05, 4.69) is 5.32 Å². The van der Waals surface area contributed by atoms with E-state index in [1.807, 2.05) is 12.2 Å². The Bertz CT molecular complexity index is 1390. The SMILES string of the molecule is CC(C)(C)OC(=O)N[C@H]1CCCCC/C=C\[C@@H]2C[C@@]2(C(=O)O)CC(=O)[C@@H]2C[C@@H](OC(=O)N3Cc4cccc(F)c4C3)CN2C1=O. The summed E-state index contributed by atoms with van der Waals surface area (Å²) in [6.07, 6.45) is 4.85. The standard InChI is InChI=1S/C33H42FN3O8/c1-32(2,3)45-30(42)35-25-13-8-6-4-5-7-11-21-15-33(21,29(40)41)16-27(38)26-14-22(18-37(26)28(25)39)44-31(43)36-17-20-10-9-12-24(34)23(20)19-36/h7,9-12,21-22,25-26H,4-6,8,13-19H2,1-3H3,(H,35,42)(H,40,41)/b11-7-/t21-,22-,25+,26+,33-/m1/s1. The Balaban J connectivity index is 1.37. The average Bonchev–Trinajstić information content (AvgIpc) is 3.27. The first-order valence-electron chi connectivity index (χ1n) is 15.7. The predicted molar refractivity (Wildman–Crippen MR) is 159 cm³/mol. The topological polar surface area (TPSA) is 143 Å². The molecule has 4 aliphatic rings. The molecule has 0 radical (unpaired) electrons. The Kier molecular flexibility index (Phi) is 9.23. The zero-order valence-electron chi connectivity index (χ0n) is 26.1. The van der Waals surface area contributed by atoms with Gasteiger partial charge in [-0.25, -0.2) is 14.0 Å². The fourth-order valence-electron chi connectivity index (χ4n) is 6.65. The van der Waals surface area contributed by atoms with Crippen LogP contribution in [0.15, 0.2) is 30.4 Å². The average molecular weight is 628 g/mol. The van der Waals surface area contributed by atoms with Crippen molar-refractivity contribution in [3.05, 3.63) is 47.3 Å². The number of alkyl carbamates (subject to hydrolysis) is 1. The van der Waals surface area contributed by atoms with Gasteiger partial charge in [0.05, 0.1) is 24.5 Å². The number of halogens is 1. The number of hydrogen-bond donors (Lipinski definition) is 2. The number of carbonyl (C=O) groups is 5. The number of allylic oxidation sites excluding steroid dienone is 2. The molecule has 12 heteroatoms. The van der Waals surface area contributed by atoms with Crippen molar-refractivity contribution >= 4 is 29.8 Å². The molecule has 1 saturated carbocycles. The second-order valence-corrected chi connectivity index (χ2v) is 13.7. The minimum atomic E-state index is -1.24. The summed E-state index contributed by atoms with van der Waals surface area (Å²) in [5.74, 6) is -2.68. The van der Waals surface area contributed by atoms with Gasteiger partial charge in [-0.3, -0.25) is 19.3 Å². The van der Waals surface area contributed by atoms with Crippen LogP contribution in [0.5, 0.6) is 0 Å². The van der Waals surface area contributed by atoms with Crippen molar-refractivity contribution in [1.29, 1.82) is 0 Å². The molecule has 3 heterocycles.